The van der Waals surface area contributed by atoms with Crippen LogP contribution in [0.3, 0.4) is 0 Å². The second-order valence-corrected chi connectivity index (χ2v) is 7.23. The SMILES string of the molecule is Cc1nc2nc(Nc3ccc(F)cc3)nc(Nc3ccccc3CS(=O)O)c2[nH]1. The molecule has 0 aliphatic heterocycles. The van der Waals surface area contributed by atoms with E-state index in [2.05, 4.69) is 30.6 Å². The molecule has 0 saturated heterocycles. The van der Waals surface area contributed by atoms with Crippen molar-refractivity contribution in [1.29, 1.82) is 0 Å². The first kappa shape index (κ1) is 19.0. The van der Waals surface area contributed by atoms with Gasteiger partial charge in [-0.15, -0.1) is 0 Å². The van der Waals surface area contributed by atoms with Crippen LogP contribution in [0, 0.1) is 12.7 Å². The smallest absolute Gasteiger partial charge is 0.231 e. The molecule has 2 heterocycles. The van der Waals surface area contributed by atoms with Gasteiger partial charge in [-0.2, -0.15) is 9.97 Å². The average molecular weight is 412 g/mol. The quantitative estimate of drug-likeness (QED) is 0.354. The number of anilines is 4. The molecule has 2 aromatic carbocycles. The standard InChI is InChI=1S/C19H17FN6O2S/c1-11-21-16-17(22-11)25-19(23-14-8-6-13(20)7-9-14)26-18(16)24-15-5-3-2-4-12(15)10-29(27)28/h2-9H,10H2,1H3,(H,27,28)(H3,21,22,23,24,25,26). The van der Waals surface area contributed by atoms with Gasteiger partial charge in [-0.05, 0) is 42.8 Å². The van der Waals surface area contributed by atoms with Crippen LogP contribution in [-0.2, 0) is 16.8 Å². The number of H-pyrrole nitrogens is 1. The summed E-state index contributed by atoms with van der Waals surface area (Å²) in [6.07, 6.45) is 0. The van der Waals surface area contributed by atoms with Crippen molar-refractivity contribution < 1.29 is 13.2 Å². The zero-order valence-electron chi connectivity index (χ0n) is 15.3. The Morgan fingerprint density at radius 2 is 1.83 bits per heavy atom. The molecule has 29 heavy (non-hydrogen) atoms. The number of rotatable bonds is 6. The first-order chi connectivity index (χ1) is 14.0. The summed E-state index contributed by atoms with van der Waals surface area (Å²) in [5.41, 5.74) is 3.00. The van der Waals surface area contributed by atoms with Gasteiger partial charge in [0.1, 0.15) is 17.2 Å². The van der Waals surface area contributed by atoms with Gasteiger partial charge >= 0.3 is 0 Å². The molecule has 1 atom stereocenters. The highest BCUT2D eigenvalue weighted by Crippen LogP contribution is 2.27. The maximum Gasteiger partial charge on any atom is 0.231 e. The number of aromatic nitrogens is 4. The Kier molecular flexibility index (Phi) is 5.19. The molecule has 0 amide bonds. The van der Waals surface area contributed by atoms with Gasteiger partial charge in [0.2, 0.25) is 5.95 Å². The highest BCUT2D eigenvalue weighted by atomic mass is 32.2. The molecule has 4 rings (SSSR count). The van der Waals surface area contributed by atoms with Crippen LogP contribution in [0.2, 0.25) is 0 Å². The summed E-state index contributed by atoms with van der Waals surface area (Å²) in [6.45, 7) is 1.81. The second kappa shape index (κ2) is 7.94. The van der Waals surface area contributed by atoms with Crippen molar-refractivity contribution in [3.63, 3.8) is 0 Å². The van der Waals surface area contributed by atoms with Gasteiger partial charge in [-0.3, -0.25) is 0 Å². The number of aryl methyl sites for hydroxylation is 1. The van der Waals surface area contributed by atoms with Crippen molar-refractivity contribution in [2.24, 2.45) is 0 Å². The fourth-order valence-electron chi connectivity index (χ4n) is 2.85. The Morgan fingerprint density at radius 3 is 2.59 bits per heavy atom. The van der Waals surface area contributed by atoms with Crippen LogP contribution >= 0.6 is 0 Å². The van der Waals surface area contributed by atoms with E-state index in [1.165, 1.54) is 12.1 Å². The minimum absolute atomic E-state index is 0.0138. The molecule has 148 valence electrons. The Morgan fingerprint density at radius 1 is 1.07 bits per heavy atom. The van der Waals surface area contributed by atoms with Gasteiger partial charge in [0.05, 0.1) is 5.75 Å². The minimum Gasteiger partial charge on any atom is -0.338 e. The van der Waals surface area contributed by atoms with E-state index in [0.29, 0.717) is 39.7 Å². The number of para-hydroxylation sites is 1. The van der Waals surface area contributed by atoms with E-state index < -0.39 is 11.1 Å². The van der Waals surface area contributed by atoms with Crippen molar-refractivity contribution in [3.8, 4) is 0 Å². The lowest BCUT2D eigenvalue weighted by atomic mass is 10.2. The van der Waals surface area contributed by atoms with Crippen LogP contribution in [0.25, 0.3) is 11.2 Å². The average Bonchev–Trinajstić information content (AvgIpc) is 3.05. The van der Waals surface area contributed by atoms with Gasteiger partial charge in [0.15, 0.2) is 22.5 Å². The fraction of sp³-hybridized carbons (Fsp3) is 0.105. The van der Waals surface area contributed by atoms with E-state index in [4.69, 9.17) is 0 Å². The van der Waals surface area contributed by atoms with Crippen molar-refractivity contribution >= 4 is 45.4 Å². The molecule has 8 nitrogen and oxygen atoms in total. The van der Waals surface area contributed by atoms with Gasteiger partial charge in [0.25, 0.3) is 0 Å². The normalized spacial score (nSPS) is 12.1. The van der Waals surface area contributed by atoms with E-state index in [9.17, 15) is 13.2 Å². The largest absolute Gasteiger partial charge is 0.338 e. The molecule has 4 aromatic rings. The molecule has 0 saturated carbocycles. The molecule has 0 bridgehead atoms. The van der Waals surface area contributed by atoms with E-state index in [1.807, 2.05) is 6.07 Å². The summed E-state index contributed by atoms with van der Waals surface area (Å²) in [7, 11) is 0. The monoisotopic (exact) mass is 412 g/mol. The fourth-order valence-corrected chi connectivity index (χ4v) is 3.37. The summed E-state index contributed by atoms with van der Waals surface area (Å²) < 4.78 is 33.7. The van der Waals surface area contributed by atoms with E-state index >= 15 is 0 Å². The molecule has 1 unspecified atom stereocenters. The second-order valence-electron chi connectivity index (χ2n) is 6.30. The van der Waals surface area contributed by atoms with E-state index in [1.54, 1.807) is 37.3 Å². The van der Waals surface area contributed by atoms with Gasteiger partial charge in [0, 0.05) is 11.4 Å². The zero-order chi connectivity index (χ0) is 20.4. The lowest BCUT2D eigenvalue weighted by molar-refractivity contribution is 0.563. The summed E-state index contributed by atoms with van der Waals surface area (Å²) in [5.74, 6) is 1.05. The van der Waals surface area contributed by atoms with Crippen LogP contribution in [0.15, 0.2) is 48.5 Å². The maximum atomic E-state index is 13.1. The Bertz CT molecular complexity index is 1200. The third kappa shape index (κ3) is 4.39. The number of halogens is 1. The van der Waals surface area contributed by atoms with Crippen LogP contribution in [0.5, 0.6) is 0 Å². The van der Waals surface area contributed by atoms with E-state index in [0.717, 1.165) is 0 Å². The molecule has 2 aromatic heterocycles. The highest BCUT2D eigenvalue weighted by Gasteiger charge is 2.14. The Hall–Kier alpha value is -3.37. The van der Waals surface area contributed by atoms with Crippen LogP contribution in [0.1, 0.15) is 11.4 Å². The number of nitrogens with zero attached hydrogens (tertiary/aromatic N) is 3. The first-order valence-corrected chi connectivity index (χ1v) is 9.95. The summed E-state index contributed by atoms with van der Waals surface area (Å²) in [4.78, 5) is 16.4. The molecular formula is C19H17FN6O2S. The summed E-state index contributed by atoms with van der Waals surface area (Å²) in [6, 6.07) is 13.0. The number of imidazole rings is 1. The van der Waals surface area contributed by atoms with Gasteiger partial charge in [-0.25, -0.2) is 13.6 Å². The molecule has 0 aliphatic carbocycles. The van der Waals surface area contributed by atoms with Gasteiger partial charge < -0.3 is 20.2 Å². The molecule has 4 N–H and O–H groups in total. The first-order valence-electron chi connectivity index (χ1n) is 8.67. The molecule has 0 spiro atoms. The maximum absolute atomic E-state index is 13.1. The van der Waals surface area contributed by atoms with Crippen LogP contribution in [0.4, 0.5) is 27.5 Å². The number of hydrogen-bond acceptors (Lipinski definition) is 6. The highest BCUT2D eigenvalue weighted by molar-refractivity contribution is 7.78. The van der Waals surface area contributed by atoms with Crippen LogP contribution < -0.4 is 10.6 Å². The summed E-state index contributed by atoms with van der Waals surface area (Å²) in [5, 5.41) is 6.24. The lowest BCUT2D eigenvalue weighted by Crippen LogP contribution is -2.04. The van der Waals surface area contributed by atoms with Crippen molar-refractivity contribution in [2.75, 3.05) is 10.6 Å². The van der Waals surface area contributed by atoms with Crippen LogP contribution in [-0.4, -0.2) is 28.7 Å². The predicted molar refractivity (Wildman–Crippen MR) is 110 cm³/mol. The zero-order valence-corrected chi connectivity index (χ0v) is 16.1. The van der Waals surface area contributed by atoms with Crippen molar-refractivity contribution in [3.05, 3.63) is 65.7 Å². The number of hydrogen-bond donors (Lipinski definition) is 4. The number of aromatic amines is 1. The minimum atomic E-state index is -1.98. The molecule has 0 radical (unpaired) electrons. The number of nitrogens with one attached hydrogen (secondary N) is 3. The molecule has 0 aliphatic rings. The van der Waals surface area contributed by atoms with Crippen molar-refractivity contribution in [2.45, 2.75) is 12.7 Å². The predicted octanol–water partition coefficient (Wildman–Crippen LogP) is 4.01. The third-order valence-electron chi connectivity index (χ3n) is 4.12. The molecule has 10 heteroatoms. The Labute approximate surface area is 167 Å². The molecular weight excluding hydrogens is 395 g/mol. The van der Waals surface area contributed by atoms with E-state index in [-0.39, 0.29) is 17.5 Å². The lowest BCUT2D eigenvalue weighted by Gasteiger charge is -2.12. The molecule has 0 fully saturated rings. The van der Waals surface area contributed by atoms with Gasteiger partial charge in [-0.1, -0.05) is 18.2 Å². The topological polar surface area (TPSA) is 116 Å². The van der Waals surface area contributed by atoms with Crippen molar-refractivity contribution in [1.82, 2.24) is 19.9 Å². The third-order valence-corrected chi connectivity index (χ3v) is 4.68. The Balaban J connectivity index is 1.73. The summed E-state index contributed by atoms with van der Waals surface area (Å²) >= 11 is -1.98. The number of fused-ring (bicyclic) bond motifs is 1. The number of benzene rings is 2.